The third-order valence-corrected chi connectivity index (χ3v) is 5.16. The third-order valence-electron chi connectivity index (χ3n) is 4.91. The summed E-state index contributed by atoms with van der Waals surface area (Å²) in [6.45, 7) is 2.02. The highest BCUT2D eigenvalue weighted by molar-refractivity contribution is 6.30. The zero-order valence-corrected chi connectivity index (χ0v) is 13.2. The van der Waals surface area contributed by atoms with Gasteiger partial charge in [-0.1, -0.05) is 36.6 Å². The van der Waals surface area contributed by atoms with Crippen molar-refractivity contribution in [3.8, 4) is 0 Å². The molecule has 0 spiro atoms. The van der Waals surface area contributed by atoms with Gasteiger partial charge < -0.3 is 10.6 Å². The first-order valence-corrected chi connectivity index (χ1v) is 8.33. The van der Waals surface area contributed by atoms with Gasteiger partial charge in [0.15, 0.2) is 0 Å². The Morgan fingerprint density at radius 1 is 1.29 bits per heavy atom. The van der Waals surface area contributed by atoms with E-state index in [1.54, 1.807) is 0 Å². The third kappa shape index (κ3) is 3.41. The van der Waals surface area contributed by atoms with Gasteiger partial charge in [-0.15, -0.1) is 0 Å². The molecule has 0 bridgehead atoms. The maximum Gasteiger partial charge on any atom is 0.237 e. The second-order valence-corrected chi connectivity index (χ2v) is 6.82. The average Bonchev–Trinajstić information content (AvgIpc) is 2.92. The molecule has 1 aromatic carbocycles. The minimum atomic E-state index is -0.0205. The molecule has 3 nitrogen and oxygen atoms in total. The minimum Gasteiger partial charge on any atom is -0.348 e. The fraction of sp³-hybridized carbons (Fsp3) is 0.588. The van der Waals surface area contributed by atoms with Crippen molar-refractivity contribution in [2.24, 2.45) is 5.92 Å². The van der Waals surface area contributed by atoms with Gasteiger partial charge >= 0.3 is 0 Å². The van der Waals surface area contributed by atoms with Gasteiger partial charge in [0.2, 0.25) is 5.91 Å². The quantitative estimate of drug-likeness (QED) is 0.898. The van der Waals surface area contributed by atoms with Crippen LogP contribution < -0.4 is 10.6 Å². The normalized spacial score (nSPS) is 29.7. The average molecular weight is 307 g/mol. The van der Waals surface area contributed by atoms with E-state index in [1.165, 1.54) is 25.7 Å². The molecular weight excluding hydrogens is 284 g/mol. The van der Waals surface area contributed by atoms with Gasteiger partial charge in [0.1, 0.15) is 0 Å². The Labute approximate surface area is 131 Å². The lowest BCUT2D eigenvalue weighted by molar-refractivity contribution is -0.123. The number of carbonyl (C=O) groups excluding carboxylic acids is 1. The number of amides is 1. The summed E-state index contributed by atoms with van der Waals surface area (Å²) >= 11 is 5.90. The number of hydrogen-bond acceptors (Lipinski definition) is 2. The topological polar surface area (TPSA) is 41.1 Å². The van der Waals surface area contributed by atoms with E-state index in [-0.39, 0.29) is 18.0 Å². The van der Waals surface area contributed by atoms with E-state index in [0.717, 1.165) is 17.0 Å². The standard InChI is InChI=1S/C17H23ClN2O/c1-11(12-6-8-14(18)9-7-12)19-17(21)16-10-13-4-2-3-5-15(13)20-16/h6-9,11,13,15-16,20H,2-5,10H2,1H3,(H,19,21). The van der Waals surface area contributed by atoms with E-state index in [0.29, 0.717) is 12.0 Å². The zero-order chi connectivity index (χ0) is 14.8. The molecule has 1 saturated heterocycles. The number of hydrogen-bond donors (Lipinski definition) is 2. The predicted molar refractivity (Wildman–Crippen MR) is 85.3 cm³/mol. The van der Waals surface area contributed by atoms with E-state index in [4.69, 9.17) is 11.6 Å². The molecule has 1 saturated carbocycles. The van der Waals surface area contributed by atoms with Gasteiger partial charge in [-0.2, -0.15) is 0 Å². The van der Waals surface area contributed by atoms with Crippen molar-refractivity contribution >= 4 is 17.5 Å². The summed E-state index contributed by atoms with van der Waals surface area (Å²) in [5.74, 6) is 0.826. The second-order valence-electron chi connectivity index (χ2n) is 6.39. The molecule has 2 N–H and O–H groups in total. The van der Waals surface area contributed by atoms with Crippen molar-refractivity contribution in [1.29, 1.82) is 0 Å². The Hall–Kier alpha value is -1.06. The van der Waals surface area contributed by atoms with Crippen molar-refractivity contribution in [2.45, 2.75) is 57.2 Å². The minimum absolute atomic E-state index is 0.0131. The van der Waals surface area contributed by atoms with Crippen LogP contribution in [-0.4, -0.2) is 18.0 Å². The van der Waals surface area contributed by atoms with Crippen LogP contribution in [0.1, 0.15) is 50.6 Å². The fourth-order valence-electron chi connectivity index (χ4n) is 3.67. The fourth-order valence-corrected chi connectivity index (χ4v) is 3.80. The molecule has 3 rings (SSSR count). The molecule has 4 heteroatoms. The number of halogens is 1. The Bertz CT molecular complexity index is 488. The molecule has 21 heavy (non-hydrogen) atoms. The second kappa shape index (κ2) is 6.37. The molecule has 0 aromatic heterocycles. The summed E-state index contributed by atoms with van der Waals surface area (Å²) < 4.78 is 0. The highest BCUT2D eigenvalue weighted by Crippen LogP contribution is 2.33. The summed E-state index contributed by atoms with van der Waals surface area (Å²) in [6, 6.07) is 8.21. The number of rotatable bonds is 3. The maximum absolute atomic E-state index is 12.4. The van der Waals surface area contributed by atoms with Crippen molar-refractivity contribution in [3.63, 3.8) is 0 Å². The molecule has 1 amide bonds. The van der Waals surface area contributed by atoms with Crippen LogP contribution in [0.5, 0.6) is 0 Å². The van der Waals surface area contributed by atoms with Crippen LogP contribution in [0.4, 0.5) is 0 Å². The molecular formula is C17H23ClN2O. The van der Waals surface area contributed by atoms with Crippen LogP contribution in [0, 0.1) is 5.92 Å². The SMILES string of the molecule is CC(NC(=O)C1CC2CCCCC2N1)c1ccc(Cl)cc1. The monoisotopic (exact) mass is 306 g/mol. The van der Waals surface area contributed by atoms with E-state index in [2.05, 4.69) is 10.6 Å². The predicted octanol–water partition coefficient (Wildman–Crippen LogP) is 3.44. The lowest BCUT2D eigenvalue weighted by Crippen LogP contribution is -2.43. The zero-order valence-electron chi connectivity index (χ0n) is 12.4. The molecule has 1 heterocycles. The largest absolute Gasteiger partial charge is 0.348 e. The summed E-state index contributed by atoms with van der Waals surface area (Å²) in [4.78, 5) is 12.4. The van der Waals surface area contributed by atoms with Gasteiger partial charge in [0.05, 0.1) is 12.1 Å². The number of carbonyl (C=O) groups is 1. The highest BCUT2D eigenvalue weighted by Gasteiger charge is 2.38. The van der Waals surface area contributed by atoms with Crippen LogP contribution in [0.3, 0.4) is 0 Å². The van der Waals surface area contributed by atoms with E-state index in [9.17, 15) is 4.79 Å². The summed E-state index contributed by atoms with van der Waals surface area (Å²) in [5, 5.41) is 7.37. The Morgan fingerprint density at radius 3 is 2.71 bits per heavy atom. The molecule has 0 radical (unpaired) electrons. The molecule has 1 aromatic rings. The van der Waals surface area contributed by atoms with E-state index >= 15 is 0 Å². The van der Waals surface area contributed by atoms with Crippen LogP contribution in [0.15, 0.2) is 24.3 Å². The number of benzene rings is 1. The van der Waals surface area contributed by atoms with Crippen molar-refractivity contribution in [3.05, 3.63) is 34.9 Å². The van der Waals surface area contributed by atoms with E-state index in [1.807, 2.05) is 31.2 Å². The van der Waals surface area contributed by atoms with Crippen LogP contribution >= 0.6 is 11.6 Å². The molecule has 114 valence electrons. The smallest absolute Gasteiger partial charge is 0.237 e. The maximum atomic E-state index is 12.4. The Kier molecular flexibility index (Phi) is 4.51. The summed E-state index contributed by atoms with van der Waals surface area (Å²) in [5.41, 5.74) is 1.09. The Morgan fingerprint density at radius 2 is 2.00 bits per heavy atom. The van der Waals surface area contributed by atoms with E-state index < -0.39 is 0 Å². The molecule has 1 aliphatic carbocycles. The van der Waals surface area contributed by atoms with Crippen molar-refractivity contribution in [1.82, 2.24) is 10.6 Å². The first-order valence-electron chi connectivity index (χ1n) is 7.95. The lowest BCUT2D eigenvalue weighted by Gasteiger charge is -2.24. The van der Waals surface area contributed by atoms with Gasteiger partial charge in [-0.25, -0.2) is 0 Å². The van der Waals surface area contributed by atoms with Gasteiger partial charge in [-0.3, -0.25) is 4.79 Å². The van der Waals surface area contributed by atoms with Gasteiger partial charge in [-0.05, 0) is 49.8 Å². The van der Waals surface area contributed by atoms with Crippen LogP contribution in [-0.2, 0) is 4.79 Å². The van der Waals surface area contributed by atoms with Crippen molar-refractivity contribution < 1.29 is 4.79 Å². The highest BCUT2D eigenvalue weighted by atomic mass is 35.5. The van der Waals surface area contributed by atoms with Gasteiger partial charge in [0, 0.05) is 11.1 Å². The number of nitrogens with one attached hydrogen (secondary N) is 2. The first-order chi connectivity index (χ1) is 10.1. The Balaban J connectivity index is 1.57. The summed E-state index contributed by atoms with van der Waals surface area (Å²) in [6.07, 6.45) is 6.10. The molecule has 4 unspecified atom stereocenters. The molecule has 2 fully saturated rings. The van der Waals surface area contributed by atoms with Crippen LogP contribution in [0.25, 0.3) is 0 Å². The van der Waals surface area contributed by atoms with Gasteiger partial charge in [0.25, 0.3) is 0 Å². The number of fused-ring (bicyclic) bond motifs is 1. The molecule has 1 aliphatic heterocycles. The molecule has 2 aliphatic rings. The lowest BCUT2D eigenvalue weighted by atomic mass is 9.85. The first kappa shape index (κ1) is 14.9. The summed E-state index contributed by atoms with van der Waals surface area (Å²) in [7, 11) is 0. The van der Waals surface area contributed by atoms with Crippen molar-refractivity contribution in [2.75, 3.05) is 0 Å². The molecule has 4 atom stereocenters. The van der Waals surface area contributed by atoms with Crippen LogP contribution in [0.2, 0.25) is 5.02 Å².